The Balaban J connectivity index is 0.000000665. The normalized spacial score (nSPS) is 12.0. The highest BCUT2D eigenvalue weighted by Crippen LogP contribution is 2.62. The summed E-state index contributed by atoms with van der Waals surface area (Å²) in [6.07, 6.45) is -0.224. The van der Waals surface area contributed by atoms with E-state index in [4.69, 9.17) is 60.0 Å². The van der Waals surface area contributed by atoms with Crippen molar-refractivity contribution in [1.82, 2.24) is 0 Å². The Bertz CT molecular complexity index is 703. The largest absolute Gasteiger partial charge is 0.481 e. The second-order valence-electron chi connectivity index (χ2n) is 5.13. The number of nitrogens with two attached hydrogens (primary N) is 1. The van der Waals surface area contributed by atoms with Crippen molar-refractivity contribution in [3.05, 3.63) is 28.2 Å². The minimum Gasteiger partial charge on any atom is -0.481 e. The number of thioether (sulfide) groups is 1. The van der Waals surface area contributed by atoms with Crippen molar-refractivity contribution >= 4 is 75.8 Å². The molecule has 0 aliphatic carbocycles. The average molecular weight is 524 g/mol. The zero-order chi connectivity index (χ0) is 22.4. The van der Waals surface area contributed by atoms with Crippen molar-refractivity contribution in [2.75, 3.05) is 18.3 Å². The number of carbonyl (C=O) groups is 2. The van der Waals surface area contributed by atoms with E-state index in [0.29, 0.717) is 23.3 Å². The Morgan fingerprint density at radius 3 is 2.31 bits per heavy atom. The first-order valence-electron chi connectivity index (χ1n) is 8.36. The molecule has 166 valence electrons. The van der Waals surface area contributed by atoms with E-state index in [1.807, 2.05) is 19.9 Å². The van der Waals surface area contributed by atoms with Crippen LogP contribution in [0.25, 0.3) is 0 Å². The first-order chi connectivity index (χ1) is 13.5. The molecule has 0 spiro atoms. The summed E-state index contributed by atoms with van der Waals surface area (Å²) in [5, 5.41) is 18.4. The van der Waals surface area contributed by atoms with Crippen molar-refractivity contribution in [1.29, 1.82) is 0 Å². The fourth-order valence-electron chi connectivity index (χ4n) is 1.57. The van der Waals surface area contributed by atoms with Crippen LogP contribution in [0.1, 0.15) is 26.7 Å². The SMILES string of the molecule is CCOP(=S)(OCC)SCSc1cc(Cl)ccc1Cl.NC(CCC(=O)O)C(=O)O. The van der Waals surface area contributed by atoms with Crippen LogP contribution in [0.5, 0.6) is 0 Å². The molecule has 0 aliphatic heterocycles. The highest BCUT2D eigenvalue weighted by molar-refractivity contribution is 8.69. The van der Waals surface area contributed by atoms with E-state index in [1.165, 1.54) is 11.4 Å². The van der Waals surface area contributed by atoms with E-state index in [1.54, 1.807) is 23.9 Å². The lowest BCUT2D eigenvalue weighted by Gasteiger charge is -2.19. The number of rotatable bonds is 12. The molecule has 29 heavy (non-hydrogen) atoms. The van der Waals surface area contributed by atoms with Gasteiger partial charge in [-0.1, -0.05) is 34.6 Å². The minimum absolute atomic E-state index is 0.0231. The fourth-order valence-corrected chi connectivity index (χ4v) is 9.11. The molecule has 0 heterocycles. The highest BCUT2D eigenvalue weighted by atomic mass is 35.5. The van der Waals surface area contributed by atoms with Crippen LogP contribution in [-0.2, 0) is 30.4 Å². The number of benzene rings is 1. The van der Waals surface area contributed by atoms with Crippen molar-refractivity contribution in [2.45, 2.75) is 37.6 Å². The van der Waals surface area contributed by atoms with E-state index >= 15 is 0 Å². The van der Waals surface area contributed by atoms with E-state index in [9.17, 15) is 9.59 Å². The van der Waals surface area contributed by atoms with Gasteiger partial charge in [0.2, 0.25) is 5.69 Å². The van der Waals surface area contributed by atoms with Gasteiger partial charge in [0.05, 0.1) is 23.3 Å². The molecule has 0 amide bonds. The number of carboxylic acids is 2. The van der Waals surface area contributed by atoms with E-state index in [2.05, 4.69) is 0 Å². The zero-order valence-electron chi connectivity index (χ0n) is 15.9. The summed E-state index contributed by atoms with van der Waals surface area (Å²) >= 11 is 20.6. The van der Waals surface area contributed by atoms with Crippen LogP contribution in [0.3, 0.4) is 0 Å². The van der Waals surface area contributed by atoms with Gasteiger partial charge in [-0.05, 0) is 50.3 Å². The van der Waals surface area contributed by atoms with Crippen molar-refractivity contribution in [3.8, 4) is 0 Å². The molecule has 4 N–H and O–H groups in total. The Hall–Kier alpha value is -0.0300. The second kappa shape index (κ2) is 15.7. The van der Waals surface area contributed by atoms with Crippen molar-refractivity contribution < 1.29 is 28.8 Å². The first kappa shape index (κ1) is 29.0. The molecule has 1 rings (SSSR count). The Kier molecular flexibility index (Phi) is 15.7. The topological polar surface area (TPSA) is 119 Å². The monoisotopic (exact) mass is 523 g/mol. The van der Waals surface area contributed by atoms with Crippen LogP contribution in [0.2, 0.25) is 10.0 Å². The summed E-state index contributed by atoms with van der Waals surface area (Å²) in [7, 11) is 0. The van der Waals surface area contributed by atoms with Crippen LogP contribution >= 0.6 is 52.0 Å². The smallest absolute Gasteiger partial charge is 0.320 e. The van der Waals surface area contributed by atoms with Gasteiger partial charge >= 0.3 is 11.9 Å². The molecule has 1 unspecified atom stereocenters. The predicted molar refractivity (Wildman–Crippen MR) is 125 cm³/mol. The molecule has 1 aromatic carbocycles. The number of hydrogen-bond donors (Lipinski definition) is 3. The van der Waals surface area contributed by atoms with Crippen LogP contribution in [-0.4, -0.2) is 46.5 Å². The van der Waals surface area contributed by atoms with Gasteiger partial charge in [-0.15, -0.1) is 11.8 Å². The van der Waals surface area contributed by atoms with Crippen molar-refractivity contribution in [3.63, 3.8) is 0 Å². The molecule has 0 aromatic heterocycles. The van der Waals surface area contributed by atoms with Crippen LogP contribution < -0.4 is 5.73 Å². The van der Waals surface area contributed by atoms with Gasteiger partial charge in [-0.2, -0.15) is 0 Å². The molecule has 0 saturated carbocycles. The molecule has 13 heteroatoms. The van der Waals surface area contributed by atoms with Gasteiger partial charge in [0.1, 0.15) is 6.04 Å². The third-order valence-electron chi connectivity index (χ3n) is 2.88. The molecule has 1 atom stereocenters. The van der Waals surface area contributed by atoms with Crippen LogP contribution in [0.15, 0.2) is 23.1 Å². The summed E-state index contributed by atoms with van der Waals surface area (Å²) in [6, 6.07) is 4.35. The molecule has 0 bridgehead atoms. The van der Waals surface area contributed by atoms with Gasteiger partial charge in [-0.3, -0.25) is 9.59 Å². The van der Waals surface area contributed by atoms with Gasteiger partial charge in [-0.25, -0.2) is 0 Å². The maximum atomic E-state index is 9.99. The minimum atomic E-state index is -2.23. The maximum absolute atomic E-state index is 9.99. The summed E-state index contributed by atoms with van der Waals surface area (Å²) < 4.78 is 11.1. The first-order valence-corrected chi connectivity index (χ1v) is 14.3. The molecule has 0 aliphatic rings. The van der Waals surface area contributed by atoms with Gasteiger partial charge in [0, 0.05) is 16.3 Å². The fraction of sp³-hybridized carbons (Fsp3) is 0.500. The summed E-state index contributed by atoms with van der Waals surface area (Å²) in [4.78, 5) is 20.8. The van der Waals surface area contributed by atoms with Gasteiger partial charge in [0.25, 0.3) is 0 Å². The van der Waals surface area contributed by atoms with E-state index < -0.39 is 23.7 Å². The maximum Gasteiger partial charge on any atom is 0.320 e. The molecule has 1 aromatic rings. The van der Waals surface area contributed by atoms with Crippen LogP contribution in [0, 0.1) is 0 Å². The third kappa shape index (κ3) is 13.8. The molecule has 0 radical (unpaired) electrons. The van der Waals surface area contributed by atoms with Gasteiger partial charge < -0.3 is 25.0 Å². The van der Waals surface area contributed by atoms with Crippen LogP contribution in [0.4, 0.5) is 0 Å². The number of hydrogen-bond acceptors (Lipinski definition) is 8. The Labute approximate surface area is 193 Å². The molecule has 0 saturated heterocycles. The Morgan fingerprint density at radius 1 is 1.24 bits per heavy atom. The predicted octanol–water partition coefficient (Wildman–Crippen LogP) is 5.34. The highest BCUT2D eigenvalue weighted by Gasteiger charge is 2.19. The summed E-state index contributed by atoms with van der Waals surface area (Å²) in [5.74, 6) is -2.20. The average Bonchev–Trinajstić information content (AvgIpc) is 2.63. The third-order valence-corrected chi connectivity index (χ3v) is 10.7. The lowest BCUT2D eigenvalue weighted by Crippen LogP contribution is -2.30. The number of aliphatic carboxylic acids is 2. The second-order valence-corrected chi connectivity index (χ2v) is 13.7. The standard InChI is InChI=1S/C11H15Cl2O2PS3.C5H9NO4/c1-3-14-16(17,15-4-2)19-8-18-11-7-9(12)5-6-10(11)13;6-3(5(9)10)1-2-4(7)8/h5-7H,3-4,8H2,1-2H3;3H,1-2,6H2,(H,7,8)(H,9,10). The number of carboxylic acid groups (broad SMARTS) is 2. The zero-order valence-corrected chi connectivity index (χ0v) is 20.7. The molecular weight excluding hydrogens is 500 g/mol. The lowest BCUT2D eigenvalue weighted by molar-refractivity contribution is -0.139. The molecule has 0 fully saturated rings. The van der Waals surface area contributed by atoms with E-state index in [-0.39, 0.29) is 12.8 Å². The summed E-state index contributed by atoms with van der Waals surface area (Å²) in [6.45, 7) is 4.96. The lowest BCUT2D eigenvalue weighted by atomic mass is 10.2. The quantitative estimate of drug-likeness (QED) is 0.188. The van der Waals surface area contributed by atoms with E-state index in [0.717, 1.165) is 9.98 Å². The number of halogens is 2. The van der Waals surface area contributed by atoms with Crippen molar-refractivity contribution in [2.24, 2.45) is 5.73 Å². The Morgan fingerprint density at radius 2 is 1.83 bits per heavy atom. The summed E-state index contributed by atoms with van der Waals surface area (Å²) in [5.41, 5.74) is 2.77. The molecular formula is C16H24Cl2NO6PS3. The van der Waals surface area contributed by atoms with Gasteiger partial charge in [0.15, 0.2) is 0 Å². The molecule has 7 nitrogen and oxygen atoms in total.